The van der Waals surface area contributed by atoms with E-state index in [0.717, 1.165) is 37.3 Å². The second-order valence-electron chi connectivity index (χ2n) is 4.89. The summed E-state index contributed by atoms with van der Waals surface area (Å²) in [7, 11) is 1.81. The lowest BCUT2D eigenvalue weighted by Crippen LogP contribution is -2.23. The van der Waals surface area contributed by atoms with Crippen molar-refractivity contribution in [2.24, 2.45) is 0 Å². The molecular weight excluding hydrogens is 260 g/mol. The summed E-state index contributed by atoms with van der Waals surface area (Å²) in [4.78, 5) is 13.0. The van der Waals surface area contributed by atoms with Gasteiger partial charge in [0.05, 0.1) is 0 Å². The van der Waals surface area contributed by atoms with Gasteiger partial charge < -0.3 is 15.4 Å². The maximum absolute atomic E-state index is 11.8. The first kappa shape index (κ1) is 13.0. The first-order chi connectivity index (χ1) is 9.28. The molecule has 0 spiro atoms. The Balaban J connectivity index is 1.75. The summed E-state index contributed by atoms with van der Waals surface area (Å²) >= 11 is 1.89. The fourth-order valence-corrected chi connectivity index (χ4v) is 3.73. The Bertz CT molecular complexity index is 486. The first-order valence-electron chi connectivity index (χ1n) is 6.64. The molecule has 5 heteroatoms. The number of carbonyl (C=O) groups is 1. The number of benzene rings is 1. The highest BCUT2D eigenvalue weighted by atomic mass is 32.2. The number of carbonyl (C=O) groups excluding carboxylic acids is 1. The molecule has 3 rings (SSSR count). The van der Waals surface area contributed by atoms with E-state index in [0.29, 0.717) is 5.25 Å². The lowest BCUT2D eigenvalue weighted by Gasteiger charge is -2.21. The molecule has 0 aromatic heterocycles. The van der Waals surface area contributed by atoms with Crippen LogP contribution in [0, 0.1) is 0 Å². The highest BCUT2D eigenvalue weighted by Crippen LogP contribution is 2.36. The summed E-state index contributed by atoms with van der Waals surface area (Å²) in [5, 5.41) is 6.60. The highest BCUT2D eigenvalue weighted by molar-refractivity contribution is 8.00. The topological polar surface area (TPSA) is 50.4 Å². The third-order valence-corrected chi connectivity index (χ3v) is 4.95. The van der Waals surface area contributed by atoms with Gasteiger partial charge in [0.15, 0.2) is 0 Å². The number of fused-ring (bicyclic) bond motifs is 1. The molecule has 1 aromatic rings. The van der Waals surface area contributed by atoms with Gasteiger partial charge in [0, 0.05) is 34.6 Å². The van der Waals surface area contributed by atoms with Crippen LogP contribution in [0.5, 0.6) is 0 Å². The SMILES string of the molecule is CNC1C(=O)Nc2cc(SC3CCOCC3)ccc21. The number of nitrogens with one attached hydrogen (secondary N) is 2. The summed E-state index contributed by atoms with van der Waals surface area (Å²) in [5.74, 6) is 0.0331. The number of hydrogen-bond donors (Lipinski definition) is 2. The van der Waals surface area contributed by atoms with E-state index < -0.39 is 0 Å². The van der Waals surface area contributed by atoms with Crippen LogP contribution in [0.1, 0.15) is 24.4 Å². The molecule has 19 heavy (non-hydrogen) atoms. The van der Waals surface area contributed by atoms with E-state index in [9.17, 15) is 4.79 Å². The van der Waals surface area contributed by atoms with Crippen LogP contribution in [0.25, 0.3) is 0 Å². The standard InChI is InChI=1S/C14H18N2O2S/c1-15-13-11-3-2-10(8-12(11)16-14(13)17)19-9-4-6-18-7-5-9/h2-3,8-9,13,15H,4-7H2,1H3,(H,16,17). The van der Waals surface area contributed by atoms with Gasteiger partial charge in [-0.3, -0.25) is 4.79 Å². The summed E-state index contributed by atoms with van der Waals surface area (Å²) in [6.07, 6.45) is 2.21. The van der Waals surface area contributed by atoms with E-state index in [4.69, 9.17) is 4.74 Å². The largest absolute Gasteiger partial charge is 0.381 e. The molecule has 0 radical (unpaired) electrons. The maximum atomic E-state index is 11.8. The molecule has 2 N–H and O–H groups in total. The van der Waals surface area contributed by atoms with Gasteiger partial charge in [-0.25, -0.2) is 0 Å². The van der Waals surface area contributed by atoms with E-state index in [1.807, 2.05) is 18.8 Å². The quantitative estimate of drug-likeness (QED) is 0.889. The minimum atomic E-state index is -0.211. The van der Waals surface area contributed by atoms with E-state index >= 15 is 0 Å². The average molecular weight is 278 g/mol. The number of hydrogen-bond acceptors (Lipinski definition) is 4. The van der Waals surface area contributed by atoms with Crippen molar-refractivity contribution in [1.29, 1.82) is 0 Å². The number of amides is 1. The van der Waals surface area contributed by atoms with Crippen LogP contribution >= 0.6 is 11.8 Å². The molecule has 2 aliphatic rings. The van der Waals surface area contributed by atoms with Crippen molar-refractivity contribution in [1.82, 2.24) is 5.32 Å². The molecule has 1 unspecified atom stereocenters. The monoisotopic (exact) mass is 278 g/mol. The van der Waals surface area contributed by atoms with Crippen LogP contribution in [-0.2, 0) is 9.53 Å². The third-order valence-electron chi connectivity index (χ3n) is 3.62. The van der Waals surface area contributed by atoms with Gasteiger partial charge >= 0.3 is 0 Å². The Hall–Kier alpha value is -1.04. The van der Waals surface area contributed by atoms with Crippen LogP contribution < -0.4 is 10.6 Å². The van der Waals surface area contributed by atoms with Crippen LogP contribution in [0.3, 0.4) is 0 Å². The molecule has 2 heterocycles. The predicted octanol–water partition coefficient (Wildman–Crippen LogP) is 2.17. The van der Waals surface area contributed by atoms with Crippen molar-refractivity contribution >= 4 is 23.4 Å². The lowest BCUT2D eigenvalue weighted by atomic mass is 10.1. The molecule has 0 bridgehead atoms. The zero-order chi connectivity index (χ0) is 13.2. The molecule has 1 aromatic carbocycles. The van der Waals surface area contributed by atoms with E-state index in [2.05, 4.69) is 28.8 Å². The molecule has 102 valence electrons. The van der Waals surface area contributed by atoms with Gasteiger partial charge in [0.1, 0.15) is 6.04 Å². The molecule has 1 saturated heterocycles. The fourth-order valence-electron chi connectivity index (χ4n) is 2.59. The number of likely N-dealkylation sites (N-methyl/N-ethyl adjacent to an activating group) is 1. The number of rotatable bonds is 3. The summed E-state index contributed by atoms with van der Waals surface area (Å²) < 4.78 is 5.38. The van der Waals surface area contributed by atoms with Crippen molar-refractivity contribution in [3.8, 4) is 0 Å². The van der Waals surface area contributed by atoms with Gasteiger partial charge in [-0.05, 0) is 32.0 Å². The number of ether oxygens (including phenoxy) is 1. The van der Waals surface area contributed by atoms with Crippen molar-refractivity contribution in [2.75, 3.05) is 25.6 Å². The molecule has 1 fully saturated rings. The minimum Gasteiger partial charge on any atom is -0.381 e. The van der Waals surface area contributed by atoms with E-state index in [1.54, 1.807) is 0 Å². The van der Waals surface area contributed by atoms with Gasteiger partial charge in [-0.1, -0.05) is 6.07 Å². The van der Waals surface area contributed by atoms with Crippen LogP contribution in [0.2, 0.25) is 0 Å². The summed E-state index contributed by atoms with van der Waals surface area (Å²) in [5.41, 5.74) is 1.99. The number of anilines is 1. The second kappa shape index (κ2) is 5.53. The zero-order valence-corrected chi connectivity index (χ0v) is 11.8. The Labute approximate surface area is 117 Å². The summed E-state index contributed by atoms with van der Waals surface area (Å²) in [6.45, 7) is 1.72. The number of thioether (sulfide) groups is 1. The van der Waals surface area contributed by atoms with Crippen molar-refractivity contribution < 1.29 is 9.53 Å². The fraction of sp³-hybridized carbons (Fsp3) is 0.500. The van der Waals surface area contributed by atoms with Crippen LogP contribution in [-0.4, -0.2) is 31.4 Å². The summed E-state index contributed by atoms with van der Waals surface area (Å²) in [6, 6.07) is 6.04. The molecule has 1 amide bonds. The highest BCUT2D eigenvalue weighted by Gasteiger charge is 2.29. The molecule has 1 atom stereocenters. The second-order valence-corrected chi connectivity index (χ2v) is 6.26. The third kappa shape index (κ3) is 2.63. The zero-order valence-electron chi connectivity index (χ0n) is 10.9. The maximum Gasteiger partial charge on any atom is 0.246 e. The Morgan fingerprint density at radius 2 is 2.16 bits per heavy atom. The predicted molar refractivity (Wildman–Crippen MR) is 76.6 cm³/mol. The molecule has 2 aliphatic heterocycles. The van der Waals surface area contributed by atoms with Gasteiger partial charge in [0.25, 0.3) is 0 Å². The van der Waals surface area contributed by atoms with E-state index in [-0.39, 0.29) is 11.9 Å². The molecular formula is C14H18N2O2S. The van der Waals surface area contributed by atoms with Gasteiger partial charge in [-0.2, -0.15) is 0 Å². The van der Waals surface area contributed by atoms with Crippen molar-refractivity contribution in [3.05, 3.63) is 23.8 Å². The normalized spacial score (nSPS) is 23.2. The van der Waals surface area contributed by atoms with Crippen LogP contribution in [0.4, 0.5) is 5.69 Å². The van der Waals surface area contributed by atoms with Gasteiger partial charge in [0.2, 0.25) is 5.91 Å². The smallest absolute Gasteiger partial charge is 0.246 e. The molecule has 0 saturated carbocycles. The van der Waals surface area contributed by atoms with Gasteiger partial charge in [-0.15, -0.1) is 11.8 Å². The molecule has 4 nitrogen and oxygen atoms in total. The van der Waals surface area contributed by atoms with Crippen LogP contribution in [0.15, 0.2) is 23.1 Å². The van der Waals surface area contributed by atoms with Crippen molar-refractivity contribution in [3.63, 3.8) is 0 Å². The Morgan fingerprint density at radius 1 is 1.37 bits per heavy atom. The Morgan fingerprint density at radius 3 is 2.89 bits per heavy atom. The van der Waals surface area contributed by atoms with E-state index in [1.165, 1.54) is 4.90 Å². The minimum absolute atomic E-state index is 0.0331. The molecule has 0 aliphatic carbocycles. The van der Waals surface area contributed by atoms with Crippen molar-refractivity contribution in [2.45, 2.75) is 29.0 Å². The average Bonchev–Trinajstić information content (AvgIpc) is 2.74. The first-order valence-corrected chi connectivity index (χ1v) is 7.52. The lowest BCUT2D eigenvalue weighted by molar-refractivity contribution is -0.117. The Kier molecular flexibility index (Phi) is 3.77.